The van der Waals surface area contributed by atoms with Gasteiger partial charge in [-0.05, 0) is 62.7 Å². The Bertz CT molecular complexity index is 1360. The molecule has 0 radical (unpaired) electrons. The molecule has 0 aromatic heterocycles. The lowest BCUT2D eigenvalue weighted by molar-refractivity contribution is -0.139. The molecule has 0 saturated carbocycles. The fraction of sp³-hybridized carbons (Fsp3) is 0.310. The molecule has 3 aromatic carbocycles. The van der Waals surface area contributed by atoms with Gasteiger partial charge >= 0.3 is 0 Å². The maximum Gasteiger partial charge on any atom is 0.264 e. The predicted molar refractivity (Wildman–Crippen MR) is 150 cm³/mol. The third-order valence-electron chi connectivity index (χ3n) is 6.06. The fourth-order valence-corrected chi connectivity index (χ4v) is 5.36. The molecular formula is C29H35N3O6S. The van der Waals surface area contributed by atoms with Crippen LogP contribution in [0.15, 0.2) is 83.8 Å². The monoisotopic (exact) mass is 553 g/mol. The minimum absolute atomic E-state index is 0.0351. The summed E-state index contributed by atoms with van der Waals surface area (Å²) in [6.45, 7) is 4.85. The van der Waals surface area contributed by atoms with Crippen LogP contribution in [0.2, 0.25) is 0 Å². The first-order valence-corrected chi connectivity index (χ1v) is 14.0. The Morgan fingerprint density at radius 2 is 1.49 bits per heavy atom. The zero-order valence-electron chi connectivity index (χ0n) is 22.8. The van der Waals surface area contributed by atoms with E-state index >= 15 is 0 Å². The van der Waals surface area contributed by atoms with Gasteiger partial charge in [0.1, 0.15) is 24.1 Å². The second-order valence-electron chi connectivity index (χ2n) is 9.24. The Labute approximate surface area is 230 Å². The van der Waals surface area contributed by atoms with Crippen LogP contribution >= 0.6 is 0 Å². The van der Waals surface area contributed by atoms with Crippen LogP contribution in [-0.2, 0) is 26.2 Å². The number of rotatable bonds is 12. The minimum atomic E-state index is -4.14. The van der Waals surface area contributed by atoms with Crippen molar-refractivity contribution in [1.29, 1.82) is 0 Å². The number of amides is 2. The van der Waals surface area contributed by atoms with Crippen molar-refractivity contribution in [3.05, 3.63) is 84.4 Å². The van der Waals surface area contributed by atoms with Crippen LogP contribution in [0.25, 0.3) is 0 Å². The largest absolute Gasteiger partial charge is 0.497 e. The van der Waals surface area contributed by atoms with Crippen molar-refractivity contribution in [2.75, 3.05) is 25.1 Å². The fourth-order valence-electron chi connectivity index (χ4n) is 3.93. The quantitative estimate of drug-likeness (QED) is 0.365. The van der Waals surface area contributed by atoms with Gasteiger partial charge in [0.15, 0.2) is 0 Å². The van der Waals surface area contributed by atoms with Gasteiger partial charge in [-0.15, -0.1) is 0 Å². The molecular weight excluding hydrogens is 518 g/mol. The van der Waals surface area contributed by atoms with Gasteiger partial charge in [-0.1, -0.05) is 36.4 Å². The lowest BCUT2D eigenvalue weighted by atomic mass is 10.1. The summed E-state index contributed by atoms with van der Waals surface area (Å²) in [6.07, 6.45) is 0. The lowest BCUT2D eigenvalue weighted by Gasteiger charge is -2.32. The van der Waals surface area contributed by atoms with E-state index in [1.165, 1.54) is 24.1 Å². The van der Waals surface area contributed by atoms with Crippen molar-refractivity contribution in [2.24, 2.45) is 0 Å². The van der Waals surface area contributed by atoms with Crippen LogP contribution in [0, 0.1) is 0 Å². The highest BCUT2D eigenvalue weighted by Crippen LogP contribution is 2.27. The number of anilines is 1. The van der Waals surface area contributed by atoms with Crippen molar-refractivity contribution in [1.82, 2.24) is 10.2 Å². The Hall–Kier alpha value is -4.05. The average molecular weight is 554 g/mol. The Kier molecular flexibility index (Phi) is 9.95. The highest BCUT2D eigenvalue weighted by Gasteiger charge is 2.32. The Balaban J connectivity index is 2.03. The number of ether oxygens (including phenoxy) is 2. The summed E-state index contributed by atoms with van der Waals surface area (Å²) in [5, 5.41) is 2.84. The first-order valence-electron chi connectivity index (χ1n) is 12.5. The normalized spacial score (nSPS) is 11.9. The molecule has 0 fully saturated rings. The summed E-state index contributed by atoms with van der Waals surface area (Å²) in [7, 11) is -1.10. The number of hydrogen-bond donors (Lipinski definition) is 1. The van der Waals surface area contributed by atoms with Crippen LogP contribution in [0.4, 0.5) is 5.69 Å². The van der Waals surface area contributed by atoms with Gasteiger partial charge in [-0.25, -0.2) is 8.42 Å². The molecule has 3 aromatic rings. The van der Waals surface area contributed by atoms with Crippen LogP contribution in [0.5, 0.6) is 11.5 Å². The Morgan fingerprint density at radius 3 is 2.08 bits per heavy atom. The molecule has 0 spiro atoms. The summed E-state index contributed by atoms with van der Waals surface area (Å²) in [6, 6.07) is 20.5. The third kappa shape index (κ3) is 7.51. The molecule has 0 aliphatic heterocycles. The van der Waals surface area contributed by atoms with E-state index in [-0.39, 0.29) is 29.1 Å². The highest BCUT2D eigenvalue weighted by molar-refractivity contribution is 7.92. The minimum Gasteiger partial charge on any atom is -0.497 e. The number of carbonyl (C=O) groups excluding carboxylic acids is 2. The second kappa shape index (κ2) is 13.1. The van der Waals surface area contributed by atoms with E-state index in [4.69, 9.17) is 9.47 Å². The van der Waals surface area contributed by atoms with Gasteiger partial charge in [-0.3, -0.25) is 13.9 Å². The zero-order chi connectivity index (χ0) is 28.6. The van der Waals surface area contributed by atoms with Crippen LogP contribution < -0.4 is 19.1 Å². The van der Waals surface area contributed by atoms with Crippen molar-refractivity contribution in [3.63, 3.8) is 0 Å². The molecule has 0 aliphatic carbocycles. The summed E-state index contributed by atoms with van der Waals surface area (Å²) in [4.78, 5) is 28.3. The topological polar surface area (TPSA) is 105 Å². The van der Waals surface area contributed by atoms with Gasteiger partial charge in [0.05, 0.1) is 24.8 Å². The number of nitrogens with one attached hydrogen (secondary N) is 1. The van der Waals surface area contributed by atoms with Crippen LogP contribution in [-0.4, -0.2) is 58.0 Å². The summed E-state index contributed by atoms with van der Waals surface area (Å²) in [5.41, 5.74) is 1.02. The van der Waals surface area contributed by atoms with E-state index in [2.05, 4.69) is 5.32 Å². The van der Waals surface area contributed by atoms with E-state index in [0.717, 1.165) is 9.87 Å². The van der Waals surface area contributed by atoms with Gasteiger partial charge in [0.2, 0.25) is 11.8 Å². The maximum atomic E-state index is 13.9. The molecule has 0 heterocycles. The second-order valence-corrected chi connectivity index (χ2v) is 11.1. The molecule has 9 nitrogen and oxygen atoms in total. The number of nitrogens with zero attached hydrogens (tertiary/aromatic N) is 2. The lowest BCUT2D eigenvalue weighted by Crippen LogP contribution is -2.52. The average Bonchev–Trinajstić information content (AvgIpc) is 2.94. The molecule has 0 unspecified atom stereocenters. The van der Waals surface area contributed by atoms with E-state index < -0.39 is 28.5 Å². The summed E-state index contributed by atoms with van der Waals surface area (Å²) < 4.78 is 39.1. The summed E-state index contributed by atoms with van der Waals surface area (Å²) >= 11 is 0. The smallest absolute Gasteiger partial charge is 0.264 e. The summed E-state index contributed by atoms with van der Waals surface area (Å²) in [5.74, 6) is 0.207. The highest BCUT2D eigenvalue weighted by atomic mass is 32.2. The molecule has 1 N–H and O–H groups in total. The SMILES string of the molecule is COc1ccc(CN(C(=O)CN(c2cccc(OC)c2)S(=O)(=O)c2ccccc2)[C@@H](C)C(=O)NC(C)C)cc1. The molecule has 10 heteroatoms. The zero-order valence-corrected chi connectivity index (χ0v) is 23.6. The molecule has 2 amide bonds. The van der Waals surface area contributed by atoms with Gasteiger partial charge in [0.25, 0.3) is 10.0 Å². The van der Waals surface area contributed by atoms with E-state index in [1.807, 2.05) is 13.8 Å². The molecule has 1 atom stereocenters. The number of sulfonamides is 1. The number of carbonyl (C=O) groups is 2. The molecule has 0 bridgehead atoms. The standard InChI is InChI=1S/C29H35N3O6S/c1-21(2)30-29(34)22(3)31(19-23-14-16-25(37-4)17-15-23)28(33)20-32(24-10-9-11-26(18-24)38-5)39(35,36)27-12-7-6-8-13-27/h6-18,21-22H,19-20H2,1-5H3,(H,30,34)/t22-/m0/s1. The first kappa shape index (κ1) is 29.5. The van der Waals surface area contributed by atoms with E-state index in [0.29, 0.717) is 11.5 Å². The van der Waals surface area contributed by atoms with Crippen molar-refractivity contribution >= 4 is 27.5 Å². The molecule has 39 heavy (non-hydrogen) atoms. The van der Waals surface area contributed by atoms with E-state index in [1.54, 1.807) is 80.8 Å². The number of hydrogen-bond acceptors (Lipinski definition) is 6. The molecule has 0 saturated heterocycles. The first-order chi connectivity index (χ1) is 18.6. The Morgan fingerprint density at radius 1 is 0.846 bits per heavy atom. The maximum absolute atomic E-state index is 13.9. The van der Waals surface area contributed by atoms with Crippen molar-refractivity contribution in [2.45, 2.75) is 44.3 Å². The van der Waals surface area contributed by atoms with Gasteiger partial charge < -0.3 is 19.7 Å². The molecule has 3 rings (SSSR count). The van der Waals surface area contributed by atoms with Crippen LogP contribution in [0.1, 0.15) is 26.3 Å². The number of benzene rings is 3. The van der Waals surface area contributed by atoms with Crippen LogP contribution in [0.3, 0.4) is 0 Å². The van der Waals surface area contributed by atoms with Crippen molar-refractivity contribution < 1.29 is 27.5 Å². The van der Waals surface area contributed by atoms with Gasteiger partial charge in [0, 0.05) is 18.7 Å². The third-order valence-corrected chi connectivity index (χ3v) is 7.85. The molecule has 208 valence electrons. The van der Waals surface area contributed by atoms with E-state index in [9.17, 15) is 18.0 Å². The number of methoxy groups -OCH3 is 2. The predicted octanol–water partition coefficient (Wildman–Crippen LogP) is 3.84. The molecule has 0 aliphatic rings. The van der Waals surface area contributed by atoms with Crippen molar-refractivity contribution in [3.8, 4) is 11.5 Å². The van der Waals surface area contributed by atoms with Gasteiger partial charge in [-0.2, -0.15) is 0 Å².